The van der Waals surface area contributed by atoms with Crippen LogP contribution in [0.4, 0.5) is 11.4 Å². The van der Waals surface area contributed by atoms with E-state index < -0.39 is 4.92 Å². The Morgan fingerprint density at radius 2 is 1.85 bits per heavy atom. The Labute approximate surface area is 198 Å². The Morgan fingerprint density at radius 1 is 1.06 bits per heavy atom. The summed E-state index contributed by atoms with van der Waals surface area (Å²) in [6.45, 7) is 4.13. The third-order valence-corrected chi connectivity index (χ3v) is 7.23. The minimum atomic E-state index is -0.496. The number of nitro groups is 1. The maximum atomic E-state index is 13.4. The Morgan fingerprint density at radius 3 is 2.59 bits per heavy atom. The molecule has 3 aliphatic heterocycles. The first kappa shape index (κ1) is 22.5. The first-order chi connectivity index (χ1) is 16.4. The number of rotatable bonds is 4. The number of fused-ring (bicyclic) bond motifs is 1. The largest absolute Gasteiger partial charge is 0.336 e. The Hall–Kier alpha value is -3.30. The third-order valence-electron chi connectivity index (χ3n) is 7.23. The van der Waals surface area contributed by atoms with Gasteiger partial charge in [-0.15, -0.1) is 0 Å². The van der Waals surface area contributed by atoms with Crippen molar-refractivity contribution in [2.75, 3.05) is 50.7 Å². The maximum Gasteiger partial charge on any atom is 0.270 e. The third kappa shape index (κ3) is 4.41. The van der Waals surface area contributed by atoms with Crippen molar-refractivity contribution in [2.45, 2.75) is 24.8 Å². The summed E-state index contributed by atoms with van der Waals surface area (Å²) in [6.07, 6.45) is 3.15. The predicted octanol–water partition coefficient (Wildman–Crippen LogP) is 2.06. The fraction of sp³-hybridized carbons (Fsp3) is 0.440. The summed E-state index contributed by atoms with van der Waals surface area (Å²) < 4.78 is 0. The van der Waals surface area contributed by atoms with Crippen LogP contribution in [-0.2, 0) is 11.2 Å². The molecule has 2 aromatic rings. The van der Waals surface area contributed by atoms with Gasteiger partial charge in [0.15, 0.2) is 0 Å². The summed E-state index contributed by atoms with van der Waals surface area (Å²) in [6, 6.07) is 14.0. The second-order valence-corrected chi connectivity index (χ2v) is 9.47. The summed E-state index contributed by atoms with van der Waals surface area (Å²) >= 11 is 0. The summed E-state index contributed by atoms with van der Waals surface area (Å²) in [4.78, 5) is 42.5. The van der Waals surface area contributed by atoms with Crippen LogP contribution in [0, 0.1) is 10.1 Å². The number of nitrogens with one attached hydrogen (secondary N) is 1. The van der Waals surface area contributed by atoms with Gasteiger partial charge in [-0.3, -0.25) is 24.6 Å². The van der Waals surface area contributed by atoms with Crippen molar-refractivity contribution < 1.29 is 14.5 Å². The number of anilines is 1. The first-order valence-corrected chi connectivity index (χ1v) is 11.8. The van der Waals surface area contributed by atoms with Crippen molar-refractivity contribution in [1.82, 2.24) is 15.1 Å². The van der Waals surface area contributed by atoms with E-state index in [2.05, 4.69) is 16.3 Å². The monoisotopic (exact) mass is 463 g/mol. The zero-order valence-electron chi connectivity index (χ0n) is 19.1. The molecule has 9 heteroatoms. The zero-order chi connectivity index (χ0) is 23.7. The molecule has 0 aliphatic carbocycles. The molecule has 2 saturated heterocycles. The molecule has 5 rings (SSSR count). The molecule has 2 amide bonds. The fourth-order valence-electron chi connectivity index (χ4n) is 5.43. The normalized spacial score (nSPS) is 22.6. The molecule has 1 spiro atoms. The highest BCUT2D eigenvalue weighted by Gasteiger charge is 2.41. The number of hydrogen-bond donors (Lipinski definition) is 1. The molecule has 0 saturated carbocycles. The van der Waals surface area contributed by atoms with Crippen molar-refractivity contribution in [3.8, 4) is 0 Å². The van der Waals surface area contributed by atoms with Gasteiger partial charge in [0.25, 0.3) is 11.6 Å². The summed E-state index contributed by atoms with van der Waals surface area (Å²) in [5.74, 6) is -0.132. The van der Waals surface area contributed by atoms with Crippen molar-refractivity contribution in [3.05, 3.63) is 69.8 Å². The average Bonchev–Trinajstić information content (AvgIpc) is 3.30. The van der Waals surface area contributed by atoms with Gasteiger partial charge in [-0.25, -0.2) is 0 Å². The van der Waals surface area contributed by atoms with Crippen LogP contribution in [0.3, 0.4) is 0 Å². The minimum Gasteiger partial charge on any atom is -0.336 e. The summed E-state index contributed by atoms with van der Waals surface area (Å²) in [5.41, 5.74) is 2.41. The van der Waals surface area contributed by atoms with E-state index in [9.17, 15) is 19.7 Å². The molecular formula is C25H29N5O4. The smallest absolute Gasteiger partial charge is 0.270 e. The lowest BCUT2D eigenvalue weighted by atomic mass is 9.84. The van der Waals surface area contributed by atoms with E-state index in [1.165, 1.54) is 23.8 Å². The number of benzene rings is 2. The Kier molecular flexibility index (Phi) is 6.05. The number of carbonyl (C=O) groups excluding carboxylic acids is 2. The minimum absolute atomic E-state index is 0.0343. The van der Waals surface area contributed by atoms with Crippen molar-refractivity contribution in [3.63, 3.8) is 0 Å². The topological polar surface area (TPSA) is 99.0 Å². The highest BCUT2D eigenvalue weighted by molar-refractivity contribution is 5.97. The van der Waals surface area contributed by atoms with E-state index >= 15 is 0 Å². The van der Waals surface area contributed by atoms with E-state index in [0.717, 1.165) is 31.5 Å². The van der Waals surface area contributed by atoms with Gasteiger partial charge in [0.05, 0.1) is 11.5 Å². The van der Waals surface area contributed by atoms with Crippen molar-refractivity contribution >= 4 is 23.2 Å². The van der Waals surface area contributed by atoms with E-state index in [1.54, 1.807) is 11.0 Å². The van der Waals surface area contributed by atoms with Crippen LogP contribution in [0.1, 0.15) is 28.8 Å². The number of non-ortho nitro benzene ring substituents is 1. The van der Waals surface area contributed by atoms with Gasteiger partial charge in [-0.2, -0.15) is 0 Å². The van der Waals surface area contributed by atoms with Crippen LogP contribution in [0.5, 0.6) is 0 Å². The number of amides is 2. The summed E-state index contributed by atoms with van der Waals surface area (Å²) in [7, 11) is 0. The Bertz CT molecular complexity index is 1110. The lowest BCUT2D eigenvalue weighted by Crippen LogP contribution is -2.58. The maximum absolute atomic E-state index is 13.4. The molecule has 1 atom stereocenters. The number of para-hydroxylation sites is 1. The van der Waals surface area contributed by atoms with Gasteiger partial charge in [-0.1, -0.05) is 24.3 Å². The number of carbonyl (C=O) groups is 2. The SMILES string of the molecule is O=C(c1cccc([N+](=O)[O-])c1)N1CCN(CC(=O)N2CC3(CCCN3)Cc3ccccc32)CC1. The van der Waals surface area contributed by atoms with Crippen LogP contribution in [0.2, 0.25) is 0 Å². The molecule has 9 nitrogen and oxygen atoms in total. The van der Waals surface area contributed by atoms with E-state index in [1.807, 2.05) is 23.1 Å². The molecule has 0 aromatic heterocycles. The van der Waals surface area contributed by atoms with Crippen LogP contribution >= 0.6 is 0 Å². The molecule has 3 heterocycles. The van der Waals surface area contributed by atoms with Gasteiger partial charge >= 0.3 is 0 Å². The number of nitro benzene ring substituents is 1. The van der Waals surface area contributed by atoms with Gasteiger partial charge in [0, 0.05) is 61.6 Å². The second kappa shape index (κ2) is 9.15. The molecule has 0 radical (unpaired) electrons. The lowest BCUT2D eigenvalue weighted by molar-refractivity contribution is -0.384. The average molecular weight is 464 g/mol. The molecule has 1 N–H and O–H groups in total. The molecule has 2 fully saturated rings. The number of hydrogen-bond acceptors (Lipinski definition) is 6. The van der Waals surface area contributed by atoms with Crippen LogP contribution in [0.25, 0.3) is 0 Å². The second-order valence-electron chi connectivity index (χ2n) is 9.47. The highest BCUT2D eigenvalue weighted by Crippen LogP contribution is 2.36. The van der Waals surface area contributed by atoms with E-state index in [-0.39, 0.29) is 23.0 Å². The summed E-state index contributed by atoms with van der Waals surface area (Å²) in [5, 5.41) is 14.7. The van der Waals surface area contributed by atoms with Crippen LogP contribution in [0.15, 0.2) is 48.5 Å². The fourth-order valence-corrected chi connectivity index (χ4v) is 5.43. The predicted molar refractivity (Wildman–Crippen MR) is 128 cm³/mol. The van der Waals surface area contributed by atoms with Gasteiger partial charge < -0.3 is 15.1 Å². The van der Waals surface area contributed by atoms with Gasteiger partial charge in [0.2, 0.25) is 5.91 Å². The van der Waals surface area contributed by atoms with E-state index in [4.69, 9.17) is 0 Å². The van der Waals surface area contributed by atoms with Gasteiger partial charge in [0.1, 0.15) is 0 Å². The van der Waals surface area contributed by atoms with Crippen molar-refractivity contribution in [2.24, 2.45) is 0 Å². The standard InChI is InChI=1S/C25H29N5O4/c31-23(29-18-25(9-4-10-26-25)16-20-5-1-2-8-22(20)29)17-27-11-13-28(14-12-27)24(32)19-6-3-7-21(15-19)30(33)34/h1-3,5-8,15,26H,4,9-14,16-18H2. The number of piperazine rings is 1. The van der Waals surface area contributed by atoms with E-state index in [0.29, 0.717) is 44.8 Å². The first-order valence-electron chi connectivity index (χ1n) is 11.8. The molecule has 0 bridgehead atoms. The zero-order valence-corrected chi connectivity index (χ0v) is 19.1. The molecular weight excluding hydrogens is 434 g/mol. The highest BCUT2D eigenvalue weighted by atomic mass is 16.6. The molecule has 178 valence electrons. The van der Waals surface area contributed by atoms with Crippen LogP contribution in [-0.4, -0.2) is 77.9 Å². The molecule has 34 heavy (non-hydrogen) atoms. The molecule has 3 aliphatic rings. The molecule has 1 unspecified atom stereocenters. The van der Waals surface area contributed by atoms with Crippen LogP contribution < -0.4 is 10.2 Å². The van der Waals surface area contributed by atoms with Crippen molar-refractivity contribution in [1.29, 1.82) is 0 Å². The Balaban J connectivity index is 1.22. The number of nitrogens with zero attached hydrogens (tertiary/aromatic N) is 4. The van der Waals surface area contributed by atoms with Gasteiger partial charge in [-0.05, 0) is 43.5 Å². The molecule has 2 aromatic carbocycles. The quantitative estimate of drug-likeness (QED) is 0.551. The lowest BCUT2D eigenvalue weighted by Gasteiger charge is -2.43.